The van der Waals surface area contributed by atoms with Gasteiger partial charge in [-0.3, -0.25) is 4.98 Å². The second-order valence-corrected chi connectivity index (χ2v) is 5.54. The van der Waals surface area contributed by atoms with Gasteiger partial charge in [-0.1, -0.05) is 21.9 Å². The molecule has 0 aliphatic rings. The van der Waals surface area contributed by atoms with Crippen LogP contribution in [0.15, 0.2) is 47.2 Å². The van der Waals surface area contributed by atoms with E-state index in [9.17, 15) is 0 Å². The Morgan fingerprint density at radius 3 is 2.81 bits per heavy atom. The monoisotopic (exact) mass is 344 g/mol. The Morgan fingerprint density at radius 1 is 1.33 bits per heavy atom. The molecule has 1 aromatic heterocycles. The Kier molecular flexibility index (Phi) is 5.79. The number of nitrogens with zero attached hydrogens (tertiary/aromatic N) is 1. The van der Waals surface area contributed by atoms with Crippen molar-refractivity contribution in [3.05, 3.63) is 58.3 Å². The van der Waals surface area contributed by atoms with Gasteiger partial charge < -0.3 is 10.1 Å². The van der Waals surface area contributed by atoms with E-state index in [2.05, 4.69) is 39.1 Å². The molecule has 1 aromatic carbocycles. The number of halogens is 1. The lowest BCUT2D eigenvalue weighted by Gasteiger charge is -2.16. The molecule has 0 fully saturated rings. The molecule has 0 radical (unpaired) electrons. The second kappa shape index (κ2) is 7.82. The lowest BCUT2D eigenvalue weighted by molar-refractivity contribution is 0.364. The predicted molar refractivity (Wildman–Crippen MR) is 88.0 cm³/mol. The summed E-state index contributed by atoms with van der Waals surface area (Å²) in [6, 6.07) is 10.2. The molecule has 21 heavy (non-hydrogen) atoms. The third-order valence-corrected chi connectivity index (χ3v) is 3.63. The van der Waals surface area contributed by atoms with Crippen molar-refractivity contribution in [2.75, 3.05) is 6.61 Å². The first-order valence-corrected chi connectivity index (χ1v) is 7.48. The fourth-order valence-electron chi connectivity index (χ4n) is 1.98. The molecule has 3 nitrogen and oxygen atoms in total. The van der Waals surface area contributed by atoms with Gasteiger partial charge in [0.2, 0.25) is 0 Å². The summed E-state index contributed by atoms with van der Waals surface area (Å²) in [5.41, 5.74) is 2.27. The third kappa shape index (κ3) is 4.59. The van der Waals surface area contributed by atoms with Crippen LogP contribution in [-0.4, -0.2) is 11.6 Å². The molecular weight excluding hydrogens is 328 g/mol. The standard InChI is InChI=1S/C17H17BrN2O/c1-3-10-21-17-5-4-16(18)11-15(17)12-20-13(2)14-6-8-19-9-7-14/h1,4-9,11,13,20H,10,12H2,2H3. The summed E-state index contributed by atoms with van der Waals surface area (Å²) >= 11 is 3.48. The van der Waals surface area contributed by atoms with E-state index >= 15 is 0 Å². The van der Waals surface area contributed by atoms with Gasteiger partial charge in [0.05, 0.1) is 0 Å². The number of hydrogen-bond donors (Lipinski definition) is 1. The number of rotatable bonds is 6. The van der Waals surface area contributed by atoms with Crippen molar-refractivity contribution < 1.29 is 4.74 Å². The maximum absolute atomic E-state index is 5.57. The van der Waals surface area contributed by atoms with Crippen molar-refractivity contribution in [2.24, 2.45) is 0 Å². The molecular formula is C17H17BrN2O. The number of pyridine rings is 1. The smallest absolute Gasteiger partial charge is 0.148 e. The lowest BCUT2D eigenvalue weighted by Crippen LogP contribution is -2.18. The van der Waals surface area contributed by atoms with Crippen LogP contribution in [0.25, 0.3) is 0 Å². The summed E-state index contributed by atoms with van der Waals surface area (Å²) < 4.78 is 6.59. The van der Waals surface area contributed by atoms with E-state index in [0.29, 0.717) is 6.54 Å². The SMILES string of the molecule is C#CCOc1ccc(Br)cc1CNC(C)c1ccncc1. The van der Waals surface area contributed by atoms with Crippen molar-refractivity contribution in [1.82, 2.24) is 10.3 Å². The molecule has 0 spiro atoms. The Hall–Kier alpha value is -1.83. The number of ether oxygens (including phenoxy) is 1. The van der Waals surface area contributed by atoms with Crippen molar-refractivity contribution in [2.45, 2.75) is 19.5 Å². The van der Waals surface area contributed by atoms with E-state index < -0.39 is 0 Å². The molecule has 0 bridgehead atoms. The van der Waals surface area contributed by atoms with Gasteiger partial charge in [0.15, 0.2) is 0 Å². The van der Waals surface area contributed by atoms with Crippen LogP contribution in [0.3, 0.4) is 0 Å². The highest BCUT2D eigenvalue weighted by Crippen LogP contribution is 2.24. The Morgan fingerprint density at radius 2 is 2.10 bits per heavy atom. The summed E-state index contributed by atoms with van der Waals surface area (Å²) in [5, 5.41) is 3.48. The zero-order valence-electron chi connectivity index (χ0n) is 11.8. The first-order valence-electron chi connectivity index (χ1n) is 6.68. The first kappa shape index (κ1) is 15.6. The van der Waals surface area contributed by atoms with Crippen molar-refractivity contribution in [3.8, 4) is 18.1 Å². The number of benzene rings is 1. The number of hydrogen-bond acceptors (Lipinski definition) is 3. The van der Waals surface area contributed by atoms with Gasteiger partial charge in [-0.25, -0.2) is 0 Å². The minimum Gasteiger partial charge on any atom is -0.481 e. The zero-order valence-corrected chi connectivity index (χ0v) is 13.4. The fourth-order valence-corrected chi connectivity index (χ4v) is 2.39. The minimum absolute atomic E-state index is 0.229. The molecule has 1 unspecified atom stereocenters. The molecule has 1 N–H and O–H groups in total. The molecule has 1 heterocycles. The normalized spacial score (nSPS) is 11.7. The molecule has 108 valence electrons. The van der Waals surface area contributed by atoms with Gasteiger partial charge in [-0.15, -0.1) is 6.42 Å². The molecule has 0 aliphatic heterocycles. The van der Waals surface area contributed by atoms with Crippen LogP contribution in [0, 0.1) is 12.3 Å². The molecule has 0 aliphatic carbocycles. The second-order valence-electron chi connectivity index (χ2n) is 4.63. The predicted octanol–water partition coefficient (Wildman–Crippen LogP) is 3.71. The maximum atomic E-state index is 5.57. The Labute approximate surface area is 133 Å². The minimum atomic E-state index is 0.229. The summed E-state index contributed by atoms with van der Waals surface area (Å²) in [5.74, 6) is 3.30. The van der Waals surface area contributed by atoms with E-state index in [1.165, 1.54) is 5.56 Å². The largest absolute Gasteiger partial charge is 0.481 e. The number of aromatic nitrogens is 1. The molecule has 2 aromatic rings. The van der Waals surface area contributed by atoms with Gasteiger partial charge in [0.25, 0.3) is 0 Å². The van der Waals surface area contributed by atoms with Crippen molar-refractivity contribution in [3.63, 3.8) is 0 Å². The van der Waals surface area contributed by atoms with Crippen LogP contribution in [0.4, 0.5) is 0 Å². The van der Waals surface area contributed by atoms with E-state index in [0.717, 1.165) is 15.8 Å². The lowest BCUT2D eigenvalue weighted by atomic mass is 10.1. The fraction of sp³-hybridized carbons (Fsp3) is 0.235. The Bertz CT molecular complexity index is 622. The zero-order chi connectivity index (χ0) is 15.1. The van der Waals surface area contributed by atoms with Crippen LogP contribution >= 0.6 is 15.9 Å². The van der Waals surface area contributed by atoms with E-state index in [1.54, 1.807) is 12.4 Å². The van der Waals surface area contributed by atoms with Crippen LogP contribution in [-0.2, 0) is 6.54 Å². The van der Waals surface area contributed by atoms with Crippen molar-refractivity contribution in [1.29, 1.82) is 0 Å². The molecule has 0 saturated heterocycles. The molecule has 4 heteroatoms. The third-order valence-electron chi connectivity index (χ3n) is 3.14. The number of terminal acetylenes is 1. The highest BCUT2D eigenvalue weighted by atomic mass is 79.9. The molecule has 0 saturated carbocycles. The summed E-state index contributed by atoms with van der Waals surface area (Å²) in [6.07, 6.45) is 8.85. The summed E-state index contributed by atoms with van der Waals surface area (Å²) in [4.78, 5) is 4.03. The van der Waals surface area contributed by atoms with E-state index in [4.69, 9.17) is 11.2 Å². The van der Waals surface area contributed by atoms with E-state index in [-0.39, 0.29) is 12.6 Å². The van der Waals surface area contributed by atoms with Crippen molar-refractivity contribution >= 4 is 15.9 Å². The average Bonchev–Trinajstić information content (AvgIpc) is 2.52. The topological polar surface area (TPSA) is 34.1 Å². The van der Waals surface area contributed by atoms with Crippen LogP contribution < -0.4 is 10.1 Å². The van der Waals surface area contributed by atoms with E-state index in [1.807, 2.05) is 30.3 Å². The highest BCUT2D eigenvalue weighted by Gasteiger charge is 2.08. The van der Waals surface area contributed by atoms with Crippen LogP contribution in [0.1, 0.15) is 24.1 Å². The summed E-state index contributed by atoms with van der Waals surface area (Å²) in [6.45, 7) is 3.09. The first-order chi connectivity index (χ1) is 10.2. The number of nitrogens with one attached hydrogen (secondary N) is 1. The Balaban J connectivity index is 2.05. The molecule has 0 amide bonds. The van der Waals surface area contributed by atoms with Gasteiger partial charge >= 0.3 is 0 Å². The molecule has 1 atom stereocenters. The van der Waals surface area contributed by atoms with Gasteiger partial charge in [0, 0.05) is 35.0 Å². The highest BCUT2D eigenvalue weighted by molar-refractivity contribution is 9.10. The van der Waals surface area contributed by atoms with Gasteiger partial charge in [-0.05, 0) is 42.8 Å². The average molecular weight is 345 g/mol. The molecule has 2 rings (SSSR count). The van der Waals surface area contributed by atoms with Gasteiger partial charge in [-0.2, -0.15) is 0 Å². The van der Waals surface area contributed by atoms with Crippen LogP contribution in [0.5, 0.6) is 5.75 Å². The van der Waals surface area contributed by atoms with Crippen LogP contribution in [0.2, 0.25) is 0 Å². The summed E-state index contributed by atoms with van der Waals surface area (Å²) in [7, 11) is 0. The maximum Gasteiger partial charge on any atom is 0.148 e. The quantitative estimate of drug-likeness (QED) is 0.811. The van der Waals surface area contributed by atoms with Gasteiger partial charge in [0.1, 0.15) is 12.4 Å².